The summed E-state index contributed by atoms with van der Waals surface area (Å²) >= 11 is 0. The first kappa shape index (κ1) is 26.5. The number of hydrogen-bond donors (Lipinski definition) is 1. The summed E-state index contributed by atoms with van der Waals surface area (Å²) in [4.78, 5) is 18.0. The van der Waals surface area contributed by atoms with Gasteiger partial charge >= 0.3 is 5.97 Å². The molecule has 182 valence electrons. The van der Waals surface area contributed by atoms with Gasteiger partial charge in [0.2, 0.25) is 0 Å². The van der Waals surface area contributed by atoms with Crippen molar-refractivity contribution in [3.8, 4) is 11.5 Å². The number of anilines is 1. The van der Waals surface area contributed by atoms with Crippen molar-refractivity contribution in [3.05, 3.63) is 48.2 Å². The van der Waals surface area contributed by atoms with Gasteiger partial charge in [0.1, 0.15) is 12.4 Å². The predicted molar refractivity (Wildman–Crippen MR) is 133 cm³/mol. The van der Waals surface area contributed by atoms with E-state index < -0.39 is 11.9 Å². The van der Waals surface area contributed by atoms with Crippen LogP contribution in [0.1, 0.15) is 64.4 Å². The average Bonchev–Trinajstić information content (AvgIpc) is 2.83. The number of aliphatic carboxylic acids is 1. The molecule has 0 aliphatic carbocycles. The van der Waals surface area contributed by atoms with Crippen LogP contribution in [0.4, 0.5) is 5.82 Å². The molecule has 0 fully saturated rings. The van der Waals surface area contributed by atoms with E-state index in [0.29, 0.717) is 31.1 Å². The molecular weight excluding hydrogens is 416 g/mol. The molecule has 0 aliphatic rings. The van der Waals surface area contributed by atoms with E-state index in [4.69, 9.17) is 9.47 Å². The van der Waals surface area contributed by atoms with Crippen LogP contribution in [0.25, 0.3) is 0 Å². The first-order chi connectivity index (χ1) is 16.0. The molecular formula is C27H40N2O4. The number of methoxy groups -OCH3 is 1. The average molecular weight is 457 g/mol. The molecule has 6 heteroatoms. The second-order valence-corrected chi connectivity index (χ2v) is 8.57. The van der Waals surface area contributed by atoms with Crippen LogP contribution >= 0.6 is 0 Å². The number of ether oxygens (including phenoxy) is 2. The molecule has 0 spiro atoms. The molecule has 1 heterocycles. The van der Waals surface area contributed by atoms with E-state index in [9.17, 15) is 9.90 Å². The van der Waals surface area contributed by atoms with Gasteiger partial charge < -0.3 is 19.5 Å². The molecule has 1 N–H and O–H groups in total. The van der Waals surface area contributed by atoms with Crippen molar-refractivity contribution in [1.82, 2.24) is 4.98 Å². The molecule has 6 nitrogen and oxygen atoms in total. The Labute approximate surface area is 198 Å². The van der Waals surface area contributed by atoms with E-state index in [1.807, 2.05) is 42.6 Å². The quantitative estimate of drug-likeness (QED) is 0.295. The van der Waals surface area contributed by atoms with Gasteiger partial charge in [-0.05, 0) is 42.7 Å². The van der Waals surface area contributed by atoms with E-state index in [-0.39, 0.29) is 0 Å². The highest BCUT2D eigenvalue weighted by Gasteiger charge is 2.14. The molecule has 0 saturated heterocycles. The third-order valence-electron chi connectivity index (χ3n) is 5.82. The van der Waals surface area contributed by atoms with Gasteiger partial charge in [0.05, 0.1) is 19.6 Å². The van der Waals surface area contributed by atoms with Gasteiger partial charge in [0, 0.05) is 12.7 Å². The first-order valence-corrected chi connectivity index (χ1v) is 12.2. The first-order valence-electron chi connectivity index (χ1n) is 12.2. The largest absolute Gasteiger partial charge is 0.493 e. The van der Waals surface area contributed by atoms with Crippen molar-refractivity contribution >= 4 is 11.8 Å². The normalized spacial score (nSPS) is 11.7. The molecule has 1 atom stereocenters. The van der Waals surface area contributed by atoms with Gasteiger partial charge in [-0.25, -0.2) is 4.98 Å². The number of carboxylic acids is 1. The molecule has 0 aliphatic heterocycles. The molecule has 1 aromatic carbocycles. The minimum Gasteiger partial charge on any atom is -0.493 e. The van der Waals surface area contributed by atoms with Gasteiger partial charge in [-0.1, -0.05) is 64.5 Å². The van der Waals surface area contributed by atoms with Crippen molar-refractivity contribution in [2.24, 2.45) is 5.92 Å². The molecule has 0 saturated carbocycles. The third kappa shape index (κ3) is 9.72. The van der Waals surface area contributed by atoms with E-state index in [0.717, 1.165) is 24.3 Å². The van der Waals surface area contributed by atoms with Crippen LogP contribution in [0.2, 0.25) is 0 Å². The van der Waals surface area contributed by atoms with Crippen molar-refractivity contribution in [1.29, 1.82) is 0 Å². The van der Waals surface area contributed by atoms with Gasteiger partial charge in [-0.3, -0.25) is 4.79 Å². The number of carboxylic acid groups (broad SMARTS) is 1. The van der Waals surface area contributed by atoms with E-state index >= 15 is 0 Å². The van der Waals surface area contributed by atoms with Crippen LogP contribution in [0.15, 0.2) is 42.6 Å². The second kappa shape index (κ2) is 15.1. The van der Waals surface area contributed by atoms with Gasteiger partial charge in [-0.15, -0.1) is 0 Å². The number of unbranched alkanes of at least 4 members (excludes halogenated alkanes) is 6. The molecule has 2 aromatic rings. The Morgan fingerprint density at radius 1 is 1.03 bits per heavy atom. The lowest BCUT2D eigenvalue weighted by molar-refractivity contribution is -0.141. The summed E-state index contributed by atoms with van der Waals surface area (Å²) < 4.78 is 11.5. The van der Waals surface area contributed by atoms with Crippen LogP contribution in [-0.4, -0.2) is 42.9 Å². The maximum Gasteiger partial charge on any atom is 0.306 e. The highest BCUT2D eigenvalue weighted by molar-refractivity contribution is 5.70. The fourth-order valence-corrected chi connectivity index (χ4v) is 3.81. The number of benzene rings is 1. The predicted octanol–water partition coefficient (Wildman–Crippen LogP) is 5.99. The molecule has 0 amide bonds. The smallest absolute Gasteiger partial charge is 0.306 e. The number of carbonyl (C=O) groups is 1. The fourth-order valence-electron chi connectivity index (χ4n) is 3.81. The Bertz CT molecular complexity index is 813. The summed E-state index contributed by atoms with van der Waals surface area (Å²) in [5.41, 5.74) is 0.922. The van der Waals surface area contributed by atoms with Crippen LogP contribution in [0.5, 0.6) is 11.5 Å². The number of pyridine rings is 1. The maximum absolute atomic E-state index is 11.2. The Morgan fingerprint density at radius 2 is 1.79 bits per heavy atom. The highest BCUT2D eigenvalue weighted by atomic mass is 16.5. The summed E-state index contributed by atoms with van der Waals surface area (Å²) in [7, 11) is 1.61. The van der Waals surface area contributed by atoms with E-state index in [2.05, 4.69) is 16.8 Å². The number of nitrogens with zero attached hydrogens (tertiary/aromatic N) is 2. The molecule has 33 heavy (non-hydrogen) atoms. The van der Waals surface area contributed by atoms with E-state index in [1.54, 1.807) is 14.0 Å². The maximum atomic E-state index is 11.2. The van der Waals surface area contributed by atoms with Crippen molar-refractivity contribution < 1.29 is 19.4 Å². The fraction of sp³-hybridized carbons (Fsp3) is 0.556. The van der Waals surface area contributed by atoms with Crippen LogP contribution < -0.4 is 14.4 Å². The van der Waals surface area contributed by atoms with Gasteiger partial charge in [0.25, 0.3) is 0 Å². The lowest BCUT2D eigenvalue weighted by Gasteiger charge is -2.24. The summed E-state index contributed by atoms with van der Waals surface area (Å²) in [6.07, 6.45) is 11.2. The SMILES string of the molecule is CCCCCCCCCN(CCOc1cc(CC(C)C(=O)O)ccc1OC)c1ccccn1. The lowest BCUT2D eigenvalue weighted by atomic mass is 10.0. The minimum absolute atomic E-state index is 0.451. The topological polar surface area (TPSA) is 71.9 Å². The molecule has 1 unspecified atom stereocenters. The molecule has 0 bridgehead atoms. The number of rotatable bonds is 17. The summed E-state index contributed by atoms with van der Waals surface area (Å²) in [5.74, 6) is 1.00. The second-order valence-electron chi connectivity index (χ2n) is 8.57. The van der Waals surface area contributed by atoms with Crippen molar-refractivity contribution in [2.45, 2.75) is 65.2 Å². The zero-order valence-electron chi connectivity index (χ0n) is 20.5. The lowest BCUT2D eigenvalue weighted by Crippen LogP contribution is -2.30. The van der Waals surface area contributed by atoms with E-state index in [1.165, 1.54) is 38.5 Å². The zero-order chi connectivity index (χ0) is 23.9. The summed E-state index contributed by atoms with van der Waals surface area (Å²) in [6.45, 7) is 6.10. The minimum atomic E-state index is -0.801. The number of aromatic nitrogens is 1. The highest BCUT2D eigenvalue weighted by Crippen LogP contribution is 2.29. The zero-order valence-corrected chi connectivity index (χ0v) is 20.5. The molecule has 1 aromatic heterocycles. The van der Waals surface area contributed by atoms with Crippen LogP contribution in [0, 0.1) is 5.92 Å². The van der Waals surface area contributed by atoms with Gasteiger partial charge in [0.15, 0.2) is 11.5 Å². The molecule has 2 rings (SSSR count). The molecule has 0 radical (unpaired) electrons. The third-order valence-corrected chi connectivity index (χ3v) is 5.82. The summed E-state index contributed by atoms with van der Waals surface area (Å²) in [6, 6.07) is 11.6. The Kier molecular flexibility index (Phi) is 12.2. The van der Waals surface area contributed by atoms with Crippen molar-refractivity contribution in [3.63, 3.8) is 0 Å². The van der Waals surface area contributed by atoms with Crippen LogP contribution in [-0.2, 0) is 11.2 Å². The Balaban J connectivity index is 1.93. The van der Waals surface area contributed by atoms with Gasteiger partial charge in [-0.2, -0.15) is 0 Å². The van der Waals surface area contributed by atoms with Crippen molar-refractivity contribution in [2.75, 3.05) is 31.7 Å². The number of hydrogen-bond acceptors (Lipinski definition) is 5. The monoisotopic (exact) mass is 456 g/mol. The van der Waals surface area contributed by atoms with Crippen LogP contribution in [0.3, 0.4) is 0 Å². The summed E-state index contributed by atoms with van der Waals surface area (Å²) in [5, 5.41) is 9.20. The Hall–Kier alpha value is -2.76. The standard InChI is InChI=1S/C27H40N2O4/c1-4-5-6-7-8-9-12-17-29(26-13-10-11-16-28-26)18-19-33-25-21-23(14-15-24(25)32-3)20-22(2)27(30)31/h10-11,13-16,21-22H,4-9,12,17-20H2,1-3H3,(H,30,31). The Morgan fingerprint density at radius 3 is 2.45 bits per heavy atom.